The van der Waals surface area contributed by atoms with E-state index in [0.29, 0.717) is 0 Å². The average molecular weight is 301 g/mol. The van der Waals surface area contributed by atoms with Gasteiger partial charge in [0, 0.05) is 24.3 Å². The Morgan fingerprint density at radius 2 is 2.05 bits per heavy atom. The molecule has 1 spiro atoms. The Morgan fingerprint density at radius 3 is 2.82 bits per heavy atom. The Hall–Kier alpha value is -2.37. The summed E-state index contributed by atoms with van der Waals surface area (Å²) in [6.07, 6.45) is 2.97. The molecule has 22 heavy (non-hydrogen) atoms. The molecular formula is C16H19N3O3. The number of nitrogens with two attached hydrogens (primary N) is 1. The number of primary amides is 1. The third-order valence-corrected chi connectivity index (χ3v) is 4.70. The van der Waals surface area contributed by atoms with Crippen molar-refractivity contribution in [3.63, 3.8) is 0 Å². The number of rotatable bonds is 4. The SMILES string of the molecule is NC(=O)NC(=O)CCNC(=O)[C@@H]1C[C@]12CCc1ccccc12. The number of hydrogen-bond acceptors (Lipinski definition) is 3. The molecule has 0 bridgehead atoms. The summed E-state index contributed by atoms with van der Waals surface area (Å²) in [7, 11) is 0. The topological polar surface area (TPSA) is 101 Å². The molecule has 0 unspecified atom stereocenters. The second-order valence-electron chi connectivity index (χ2n) is 6.02. The van der Waals surface area contributed by atoms with E-state index in [0.717, 1.165) is 19.3 Å². The first kappa shape index (κ1) is 14.6. The Bertz CT molecular complexity index is 643. The summed E-state index contributed by atoms with van der Waals surface area (Å²) in [5.74, 6) is -0.497. The number of imide groups is 1. The lowest BCUT2D eigenvalue weighted by atomic mass is 9.95. The Balaban J connectivity index is 1.52. The molecule has 2 aliphatic carbocycles. The monoisotopic (exact) mass is 301 g/mol. The zero-order valence-electron chi connectivity index (χ0n) is 12.2. The molecule has 1 saturated carbocycles. The summed E-state index contributed by atoms with van der Waals surface area (Å²) in [5, 5.41) is 4.75. The number of benzene rings is 1. The lowest BCUT2D eigenvalue weighted by molar-refractivity contribution is -0.123. The lowest BCUT2D eigenvalue weighted by Crippen LogP contribution is -2.37. The van der Waals surface area contributed by atoms with Gasteiger partial charge in [-0.3, -0.25) is 14.9 Å². The van der Waals surface area contributed by atoms with Crippen LogP contribution in [0.1, 0.15) is 30.4 Å². The number of amides is 4. The van der Waals surface area contributed by atoms with Gasteiger partial charge in [0.1, 0.15) is 0 Å². The third kappa shape index (κ3) is 2.56. The van der Waals surface area contributed by atoms with E-state index in [1.54, 1.807) is 0 Å². The third-order valence-electron chi connectivity index (χ3n) is 4.70. The predicted octanol–water partition coefficient (Wildman–Crippen LogP) is 0.592. The minimum atomic E-state index is -0.875. The van der Waals surface area contributed by atoms with Gasteiger partial charge in [0.15, 0.2) is 0 Å². The molecule has 4 N–H and O–H groups in total. The molecule has 0 aliphatic heterocycles. The van der Waals surface area contributed by atoms with Crippen LogP contribution >= 0.6 is 0 Å². The van der Waals surface area contributed by atoms with Crippen molar-refractivity contribution < 1.29 is 14.4 Å². The summed E-state index contributed by atoms with van der Waals surface area (Å²) in [4.78, 5) is 34.0. The van der Waals surface area contributed by atoms with Crippen LogP contribution in [0.15, 0.2) is 24.3 Å². The van der Waals surface area contributed by atoms with Gasteiger partial charge in [-0.25, -0.2) is 4.79 Å². The lowest BCUT2D eigenvalue weighted by Gasteiger charge is -2.11. The molecule has 1 aromatic rings. The number of carbonyl (C=O) groups excluding carboxylic acids is 3. The molecule has 6 nitrogen and oxygen atoms in total. The van der Waals surface area contributed by atoms with Gasteiger partial charge >= 0.3 is 6.03 Å². The number of nitrogens with one attached hydrogen (secondary N) is 2. The molecule has 2 atom stereocenters. The normalized spacial score (nSPS) is 24.6. The molecule has 4 amide bonds. The highest BCUT2D eigenvalue weighted by molar-refractivity contribution is 5.93. The van der Waals surface area contributed by atoms with E-state index < -0.39 is 11.9 Å². The van der Waals surface area contributed by atoms with Crippen LogP contribution in [0.25, 0.3) is 0 Å². The van der Waals surface area contributed by atoms with Crippen LogP contribution in [0.3, 0.4) is 0 Å². The number of fused-ring (bicyclic) bond motifs is 2. The number of carbonyl (C=O) groups is 3. The smallest absolute Gasteiger partial charge is 0.318 e. The molecule has 3 rings (SSSR count). The number of urea groups is 1. The van der Waals surface area contributed by atoms with E-state index >= 15 is 0 Å². The second kappa shape index (κ2) is 5.44. The minimum Gasteiger partial charge on any atom is -0.355 e. The fraction of sp³-hybridized carbons (Fsp3) is 0.438. The first-order valence-corrected chi connectivity index (χ1v) is 7.48. The summed E-state index contributed by atoms with van der Waals surface area (Å²) >= 11 is 0. The zero-order valence-corrected chi connectivity index (χ0v) is 12.2. The van der Waals surface area contributed by atoms with Gasteiger partial charge < -0.3 is 11.1 Å². The van der Waals surface area contributed by atoms with Gasteiger partial charge in [-0.15, -0.1) is 0 Å². The highest BCUT2D eigenvalue weighted by Gasteiger charge is 2.61. The molecule has 1 fully saturated rings. The highest BCUT2D eigenvalue weighted by atomic mass is 16.2. The maximum atomic E-state index is 12.2. The van der Waals surface area contributed by atoms with Crippen molar-refractivity contribution in [1.29, 1.82) is 0 Å². The average Bonchev–Trinajstić information content (AvgIpc) is 3.08. The van der Waals surface area contributed by atoms with Crippen LogP contribution in [0, 0.1) is 5.92 Å². The number of hydrogen-bond donors (Lipinski definition) is 3. The van der Waals surface area contributed by atoms with E-state index in [1.165, 1.54) is 11.1 Å². The van der Waals surface area contributed by atoms with Crippen LogP contribution < -0.4 is 16.4 Å². The molecule has 0 aromatic heterocycles. The Labute approximate surface area is 128 Å². The first-order valence-electron chi connectivity index (χ1n) is 7.48. The van der Waals surface area contributed by atoms with Gasteiger partial charge in [-0.05, 0) is 30.4 Å². The van der Waals surface area contributed by atoms with E-state index in [1.807, 2.05) is 17.4 Å². The van der Waals surface area contributed by atoms with Crippen LogP contribution in [0.5, 0.6) is 0 Å². The summed E-state index contributed by atoms with van der Waals surface area (Å²) in [6, 6.07) is 7.43. The highest BCUT2D eigenvalue weighted by Crippen LogP contribution is 2.61. The molecule has 2 aliphatic rings. The van der Waals surface area contributed by atoms with E-state index in [9.17, 15) is 14.4 Å². The van der Waals surface area contributed by atoms with Gasteiger partial charge in [-0.2, -0.15) is 0 Å². The van der Waals surface area contributed by atoms with Gasteiger partial charge in [0.05, 0.1) is 0 Å². The van der Waals surface area contributed by atoms with Crippen LogP contribution in [0.2, 0.25) is 0 Å². The maximum absolute atomic E-state index is 12.2. The fourth-order valence-corrected chi connectivity index (χ4v) is 3.56. The summed E-state index contributed by atoms with van der Waals surface area (Å²) in [5.41, 5.74) is 7.51. The van der Waals surface area contributed by atoms with Crippen LogP contribution in [-0.2, 0) is 21.4 Å². The van der Waals surface area contributed by atoms with Crippen LogP contribution in [0.4, 0.5) is 4.79 Å². The van der Waals surface area contributed by atoms with E-state index in [2.05, 4.69) is 17.4 Å². The van der Waals surface area contributed by atoms with Gasteiger partial charge in [0.2, 0.25) is 11.8 Å². The van der Waals surface area contributed by atoms with E-state index in [-0.39, 0.29) is 30.2 Å². The molecule has 0 radical (unpaired) electrons. The molecular weight excluding hydrogens is 282 g/mol. The van der Waals surface area contributed by atoms with Crippen LogP contribution in [-0.4, -0.2) is 24.4 Å². The largest absolute Gasteiger partial charge is 0.355 e. The van der Waals surface area contributed by atoms with Crippen molar-refractivity contribution in [3.05, 3.63) is 35.4 Å². The molecule has 6 heteroatoms. The van der Waals surface area contributed by atoms with Crippen molar-refractivity contribution in [2.45, 2.75) is 31.1 Å². The van der Waals surface area contributed by atoms with Crippen molar-refractivity contribution in [2.75, 3.05) is 6.54 Å². The maximum Gasteiger partial charge on any atom is 0.318 e. The zero-order chi connectivity index (χ0) is 15.7. The second-order valence-corrected chi connectivity index (χ2v) is 6.02. The quantitative estimate of drug-likeness (QED) is 0.758. The first-order chi connectivity index (χ1) is 10.5. The predicted molar refractivity (Wildman–Crippen MR) is 79.9 cm³/mol. The summed E-state index contributed by atoms with van der Waals surface area (Å²) in [6.45, 7) is 0.214. The Kier molecular flexibility index (Phi) is 3.60. The van der Waals surface area contributed by atoms with Crippen molar-refractivity contribution >= 4 is 17.8 Å². The van der Waals surface area contributed by atoms with E-state index in [4.69, 9.17) is 5.73 Å². The van der Waals surface area contributed by atoms with Crippen molar-refractivity contribution in [2.24, 2.45) is 11.7 Å². The molecule has 0 saturated heterocycles. The Morgan fingerprint density at radius 1 is 1.27 bits per heavy atom. The molecule has 116 valence electrons. The van der Waals surface area contributed by atoms with Gasteiger partial charge in [-0.1, -0.05) is 24.3 Å². The number of aryl methyl sites for hydroxylation is 1. The van der Waals surface area contributed by atoms with Crippen molar-refractivity contribution in [1.82, 2.24) is 10.6 Å². The molecule has 0 heterocycles. The van der Waals surface area contributed by atoms with Crippen molar-refractivity contribution in [3.8, 4) is 0 Å². The summed E-state index contributed by atoms with van der Waals surface area (Å²) < 4.78 is 0. The standard InChI is InChI=1S/C16H19N3O3/c17-15(22)19-13(20)6-8-18-14(21)12-9-16(12)7-5-10-3-1-2-4-11(10)16/h1-4,12H,5-9H2,(H,18,21)(H3,17,19,20,22)/t12-,16-/m0/s1. The van der Waals surface area contributed by atoms with Gasteiger partial charge in [0.25, 0.3) is 0 Å². The molecule has 1 aromatic carbocycles. The minimum absolute atomic E-state index is 0.00430. The fourth-order valence-electron chi connectivity index (χ4n) is 3.56.